The third-order valence-corrected chi connectivity index (χ3v) is 4.07. The molecule has 1 unspecified atom stereocenters. The predicted molar refractivity (Wildman–Crippen MR) is 83.0 cm³/mol. The fraction of sp³-hybridized carbons (Fsp3) is 0.533. The second-order valence-corrected chi connectivity index (χ2v) is 6.14. The Morgan fingerprint density at radius 1 is 1.25 bits per heavy atom. The smallest absolute Gasteiger partial charge is 0.352 e. The second kappa shape index (κ2) is 6.76. The van der Waals surface area contributed by atoms with Crippen LogP contribution in [-0.4, -0.2) is 57.5 Å². The summed E-state index contributed by atoms with van der Waals surface area (Å²) in [7, 11) is 0. The van der Waals surface area contributed by atoms with Gasteiger partial charge in [-0.2, -0.15) is 17.9 Å². The molecule has 1 aromatic heterocycles. The first-order chi connectivity index (χ1) is 11.4. The Kier molecular flexibility index (Phi) is 4.70. The van der Waals surface area contributed by atoms with E-state index in [0.29, 0.717) is 25.6 Å². The van der Waals surface area contributed by atoms with Crippen LogP contribution in [0.3, 0.4) is 0 Å². The Morgan fingerprint density at radius 3 is 2.71 bits per heavy atom. The van der Waals surface area contributed by atoms with Gasteiger partial charge in [0.1, 0.15) is 0 Å². The number of aromatic nitrogens is 4. The van der Waals surface area contributed by atoms with Crippen molar-refractivity contribution in [3.8, 4) is 5.69 Å². The summed E-state index contributed by atoms with van der Waals surface area (Å²) in [4.78, 5) is 1.44. The van der Waals surface area contributed by atoms with Gasteiger partial charge >= 0.3 is 6.18 Å². The predicted octanol–water partition coefficient (Wildman–Crippen LogP) is 2.27. The minimum Gasteiger partial charge on any atom is -0.352 e. The van der Waals surface area contributed by atoms with E-state index in [2.05, 4.69) is 20.8 Å². The van der Waals surface area contributed by atoms with Crippen LogP contribution >= 0.6 is 0 Å². The molecule has 0 radical (unpaired) electrons. The molecule has 9 heteroatoms. The average Bonchev–Trinajstić information content (AvgIpc) is 3.13. The van der Waals surface area contributed by atoms with E-state index in [-0.39, 0.29) is 5.92 Å². The molecule has 0 saturated carbocycles. The number of nitrogens with one attached hydrogen (secondary N) is 1. The van der Waals surface area contributed by atoms with Crippen molar-refractivity contribution in [2.45, 2.75) is 19.5 Å². The lowest BCUT2D eigenvalue weighted by molar-refractivity contribution is -0.143. The van der Waals surface area contributed by atoms with Crippen molar-refractivity contribution < 1.29 is 13.2 Å². The molecule has 1 fully saturated rings. The zero-order valence-electron chi connectivity index (χ0n) is 13.3. The maximum atomic E-state index is 12.4. The Labute approximate surface area is 137 Å². The number of halogens is 3. The van der Waals surface area contributed by atoms with Crippen molar-refractivity contribution in [3.63, 3.8) is 0 Å². The van der Waals surface area contributed by atoms with Gasteiger partial charge < -0.3 is 5.32 Å². The molecule has 1 N–H and O–H groups in total. The van der Waals surface area contributed by atoms with Gasteiger partial charge in [-0.3, -0.25) is 4.90 Å². The van der Waals surface area contributed by atoms with E-state index in [9.17, 15) is 13.2 Å². The first kappa shape index (κ1) is 16.7. The first-order valence-corrected chi connectivity index (χ1v) is 7.79. The highest BCUT2D eigenvalue weighted by Crippen LogP contribution is 2.23. The van der Waals surface area contributed by atoms with Crippen LogP contribution in [0.25, 0.3) is 5.69 Å². The summed E-state index contributed by atoms with van der Waals surface area (Å²) in [6, 6.07) is 7.76. The van der Waals surface area contributed by atoms with E-state index < -0.39 is 12.7 Å². The SMILES string of the molecule is Cc1ccc(-n2nnnc2NCC2CCN(CC(F)(F)F)C2)cc1. The topological polar surface area (TPSA) is 58.9 Å². The van der Waals surface area contributed by atoms with Crippen LogP contribution in [0.2, 0.25) is 0 Å². The lowest BCUT2D eigenvalue weighted by Gasteiger charge is -2.18. The van der Waals surface area contributed by atoms with Gasteiger partial charge in [-0.25, -0.2) is 0 Å². The number of alkyl halides is 3. The van der Waals surface area contributed by atoms with E-state index in [1.165, 1.54) is 4.90 Å². The molecule has 1 atom stereocenters. The number of benzene rings is 1. The molecule has 1 saturated heterocycles. The van der Waals surface area contributed by atoms with Crippen molar-refractivity contribution in [1.82, 2.24) is 25.1 Å². The lowest BCUT2D eigenvalue weighted by Crippen LogP contribution is -2.33. The molecule has 1 aliphatic heterocycles. The van der Waals surface area contributed by atoms with Crippen LogP contribution < -0.4 is 5.32 Å². The molecule has 6 nitrogen and oxygen atoms in total. The number of hydrogen-bond acceptors (Lipinski definition) is 5. The van der Waals surface area contributed by atoms with E-state index in [1.54, 1.807) is 4.68 Å². The van der Waals surface area contributed by atoms with E-state index in [1.807, 2.05) is 31.2 Å². The molecular formula is C15H19F3N6. The number of rotatable bonds is 5. The van der Waals surface area contributed by atoms with Gasteiger partial charge in [0, 0.05) is 13.1 Å². The highest BCUT2D eigenvalue weighted by Gasteiger charge is 2.34. The fourth-order valence-electron chi connectivity index (χ4n) is 2.87. The minimum absolute atomic E-state index is 0.149. The molecule has 0 amide bonds. The van der Waals surface area contributed by atoms with Crippen molar-refractivity contribution in [3.05, 3.63) is 29.8 Å². The number of hydrogen-bond donors (Lipinski definition) is 1. The van der Waals surface area contributed by atoms with Gasteiger partial charge in [-0.05, 0) is 48.4 Å². The van der Waals surface area contributed by atoms with Gasteiger partial charge in [0.15, 0.2) is 0 Å². The van der Waals surface area contributed by atoms with Gasteiger partial charge in [-0.1, -0.05) is 22.8 Å². The molecule has 1 aromatic carbocycles. The Bertz CT molecular complexity index is 667. The van der Waals surface area contributed by atoms with Crippen LogP contribution in [0.5, 0.6) is 0 Å². The lowest BCUT2D eigenvalue weighted by atomic mass is 10.1. The summed E-state index contributed by atoms with van der Waals surface area (Å²) in [6.45, 7) is 2.59. The number of likely N-dealkylation sites (tertiary alicyclic amines) is 1. The standard InChI is InChI=1S/C15H19F3N6/c1-11-2-4-13(5-3-11)24-14(20-21-22-24)19-8-12-6-7-23(9-12)10-15(16,17)18/h2-5,12H,6-10H2,1H3,(H,19,20,22). The minimum atomic E-state index is -4.14. The van der Waals surface area contributed by atoms with Gasteiger partial charge in [0.25, 0.3) is 0 Å². The molecule has 2 heterocycles. The molecule has 0 bridgehead atoms. The van der Waals surface area contributed by atoms with Gasteiger partial charge in [-0.15, -0.1) is 0 Å². The highest BCUT2D eigenvalue weighted by atomic mass is 19.4. The maximum Gasteiger partial charge on any atom is 0.401 e. The van der Waals surface area contributed by atoms with Crippen LogP contribution in [0.1, 0.15) is 12.0 Å². The summed E-state index contributed by atoms with van der Waals surface area (Å²) in [5.74, 6) is 0.642. The quantitative estimate of drug-likeness (QED) is 0.905. The molecule has 0 aliphatic carbocycles. The van der Waals surface area contributed by atoms with Crippen LogP contribution in [0.15, 0.2) is 24.3 Å². The van der Waals surface area contributed by atoms with Crippen molar-refractivity contribution in [2.24, 2.45) is 5.92 Å². The summed E-state index contributed by atoms with van der Waals surface area (Å²) < 4.78 is 38.9. The molecular weight excluding hydrogens is 321 g/mol. The van der Waals surface area contributed by atoms with E-state index >= 15 is 0 Å². The second-order valence-electron chi connectivity index (χ2n) is 6.14. The molecule has 2 aromatic rings. The van der Waals surface area contributed by atoms with Gasteiger partial charge in [0.2, 0.25) is 5.95 Å². The van der Waals surface area contributed by atoms with E-state index in [4.69, 9.17) is 0 Å². The number of anilines is 1. The first-order valence-electron chi connectivity index (χ1n) is 7.79. The summed E-state index contributed by atoms with van der Waals surface area (Å²) in [5, 5.41) is 14.7. The molecule has 3 rings (SSSR count). The normalized spacial score (nSPS) is 18.9. The summed E-state index contributed by atoms with van der Waals surface area (Å²) >= 11 is 0. The molecule has 130 valence electrons. The van der Waals surface area contributed by atoms with Crippen molar-refractivity contribution in [2.75, 3.05) is 31.5 Å². The van der Waals surface area contributed by atoms with E-state index in [0.717, 1.165) is 17.7 Å². The number of aryl methyl sites for hydroxylation is 1. The Hall–Kier alpha value is -2.16. The van der Waals surface area contributed by atoms with Crippen LogP contribution in [-0.2, 0) is 0 Å². The van der Waals surface area contributed by atoms with Crippen molar-refractivity contribution in [1.29, 1.82) is 0 Å². The third-order valence-electron chi connectivity index (χ3n) is 4.07. The molecule has 1 aliphatic rings. The monoisotopic (exact) mass is 340 g/mol. The van der Waals surface area contributed by atoms with Crippen LogP contribution in [0.4, 0.5) is 19.1 Å². The maximum absolute atomic E-state index is 12.4. The molecule has 0 spiro atoms. The fourth-order valence-corrected chi connectivity index (χ4v) is 2.87. The summed E-state index contributed by atoms with van der Waals surface area (Å²) in [6.07, 6.45) is -3.41. The largest absolute Gasteiger partial charge is 0.401 e. The summed E-state index contributed by atoms with van der Waals surface area (Å²) in [5.41, 5.74) is 1.97. The zero-order chi connectivity index (χ0) is 17.2. The van der Waals surface area contributed by atoms with Gasteiger partial charge in [0.05, 0.1) is 12.2 Å². The number of nitrogens with zero attached hydrogens (tertiary/aromatic N) is 5. The third kappa shape index (κ3) is 4.22. The highest BCUT2D eigenvalue weighted by molar-refractivity contribution is 5.39. The zero-order valence-corrected chi connectivity index (χ0v) is 13.3. The number of tetrazole rings is 1. The van der Waals surface area contributed by atoms with Crippen molar-refractivity contribution >= 4 is 5.95 Å². The average molecular weight is 340 g/mol. The Balaban J connectivity index is 1.57. The molecule has 24 heavy (non-hydrogen) atoms. The Morgan fingerprint density at radius 2 is 2.00 bits per heavy atom. The van der Waals surface area contributed by atoms with Crippen LogP contribution in [0, 0.1) is 12.8 Å².